The van der Waals surface area contributed by atoms with Gasteiger partial charge in [-0.15, -0.1) is 0 Å². The van der Waals surface area contributed by atoms with Crippen molar-refractivity contribution in [1.82, 2.24) is 0 Å². The van der Waals surface area contributed by atoms with Gasteiger partial charge >= 0.3 is 0 Å². The first-order valence-corrected chi connectivity index (χ1v) is 6.35. The Bertz CT molecular complexity index is 412. The zero-order valence-corrected chi connectivity index (χ0v) is 11.3. The Morgan fingerprint density at radius 2 is 1.12 bits per heavy atom. The largest absolute Gasteiger partial charge is 0.0683 e. The monoisotopic (exact) mass is 226 g/mol. The van der Waals surface area contributed by atoms with Crippen LogP contribution >= 0.6 is 0 Å². The highest BCUT2D eigenvalue weighted by atomic mass is 14.0. The highest BCUT2D eigenvalue weighted by molar-refractivity contribution is 5.30. The molecule has 0 heterocycles. The zero-order valence-electron chi connectivity index (χ0n) is 11.3. The van der Waals surface area contributed by atoms with Gasteiger partial charge in [-0.1, -0.05) is 73.5 Å². The van der Waals surface area contributed by atoms with Crippen LogP contribution in [0.1, 0.15) is 36.1 Å². The summed E-state index contributed by atoms with van der Waals surface area (Å²) in [4.78, 5) is 0. The van der Waals surface area contributed by atoms with E-state index >= 15 is 0 Å². The summed E-state index contributed by atoms with van der Waals surface area (Å²) in [5.74, 6) is 0. The molecule has 0 aromatic heterocycles. The molecule has 0 bridgehead atoms. The highest BCUT2D eigenvalue weighted by Crippen LogP contribution is 2.12. The van der Waals surface area contributed by atoms with E-state index in [1.807, 2.05) is 13.8 Å². The number of hydrogen-bond acceptors (Lipinski definition) is 0. The van der Waals surface area contributed by atoms with Crippen molar-refractivity contribution in [2.75, 3.05) is 0 Å². The topological polar surface area (TPSA) is 0 Å². The summed E-state index contributed by atoms with van der Waals surface area (Å²) in [5, 5.41) is 0. The van der Waals surface area contributed by atoms with E-state index in [4.69, 9.17) is 0 Å². The second kappa shape index (κ2) is 6.90. The third kappa shape index (κ3) is 4.44. The summed E-state index contributed by atoms with van der Waals surface area (Å²) in [6, 6.07) is 17.4. The smallest absolute Gasteiger partial charge is 0.00256 e. The molecule has 2 aromatic carbocycles. The Morgan fingerprint density at radius 1 is 0.706 bits per heavy atom. The molecule has 0 saturated carbocycles. The van der Waals surface area contributed by atoms with Gasteiger partial charge in [0, 0.05) is 0 Å². The standard InChI is InChI=1S/C15H16.C2H6/c1-12-5-3-7-14(9-12)11-15-8-4-6-13(2)10-15;1-2/h3-10H,11H2,1-2H3;1-2H3. The Hall–Kier alpha value is -1.56. The summed E-state index contributed by atoms with van der Waals surface area (Å²) >= 11 is 0. The molecule has 2 rings (SSSR count). The van der Waals surface area contributed by atoms with Crippen molar-refractivity contribution < 1.29 is 0 Å². The van der Waals surface area contributed by atoms with E-state index in [-0.39, 0.29) is 0 Å². The van der Waals surface area contributed by atoms with Gasteiger partial charge in [0.25, 0.3) is 0 Å². The van der Waals surface area contributed by atoms with Gasteiger partial charge < -0.3 is 0 Å². The fraction of sp³-hybridized carbons (Fsp3) is 0.294. The molecule has 0 spiro atoms. The SMILES string of the molecule is CC.Cc1cccc(Cc2cccc(C)c2)c1. The summed E-state index contributed by atoms with van der Waals surface area (Å²) in [6.45, 7) is 8.28. The Labute approximate surface area is 105 Å². The van der Waals surface area contributed by atoms with E-state index in [0.717, 1.165) is 6.42 Å². The summed E-state index contributed by atoms with van der Waals surface area (Å²) in [7, 11) is 0. The van der Waals surface area contributed by atoms with Crippen LogP contribution in [0.4, 0.5) is 0 Å². The molecule has 0 unspecified atom stereocenters. The van der Waals surface area contributed by atoms with Crippen LogP contribution in [0.2, 0.25) is 0 Å². The fourth-order valence-corrected chi connectivity index (χ4v) is 1.88. The molecule has 0 aliphatic carbocycles. The molecule has 0 radical (unpaired) electrons. The number of benzene rings is 2. The molecule has 0 heteroatoms. The molecule has 0 nitrogen and oxygen atoms in total. The van der Waals surface area contributed by atoms with Gasteiger partial charge in [0.05, 0.1) is 0 Å². The fourth-order valence-electron chi connectivity index (χ4n) is 1.88. The minimum absolute atomic E-state index is 1.03. The van der Waals surface area contributed by atoms with Gasteiger partial charge in [-0.3, -0.25) is 0 Å². The van der Waals surface area contributed by atoms with Crippen LogP contribution in [0, 0.1) is 13.8 Å². The maximum absolute atomic E-state index is 2.25. The van der Waals surface area contributed by atoms with Gasteiger partial charge in [0.15, 0.2) is 0 Å². The minimum Gasteiger partial charge on any atom is -0.0683 e. The van der Waals surface area contributed by atoms with E-state index in [9.17, 15) is 0 Å². The molecule has 0 amide bonds. The Kier molecular flexibility index (Phi) is 5.48. The van der Waals surface area contributed by atoms with Gasteiger partial charge in [-0.05, 0) is 31.4 Å². The van der Waals surface area contributed by atoms with Gasteiger partial charge in [0.2, 0.25) is 0 Å². The Balaban J connectivity index is 0.000000686. The second-order valence-corrected chi connectivity index (χ2v) is 4.15. The molecule has 17 heavy (non-hydrogen) atoms. The molecule has 0 N–H and O–H groups in total. The molecule has 0 saturated heterocycles. The van der Waals surface area contributed by atoms with E-state index in [2.05, 4.69) is 62.4 Å². The summed E-state index contributed by atoms with van der Waals surface area (Å²) < 4.78 is 0. The number of hydrogen-bond donors (Lipinski definition) is 0. The first kappa shape index (κ1) is 13.5. The Morgan fingerprint density at radius 3 is 1.47 bits per heavy atom. The normalized spacial score (nSPS) is 9.41. The lowest BCUT2D eigenvalue weighted by Gasteiger charge is -2.03. The van der Waals surface area contributed by atoms with Crippen molar-refractivity contribution in [3.05, 3.63) is 70.8 Å². The minimum atomic E-state index is 1.03. The molecule has 0 aliphatic rings. The number of aryl methyl sites for hydroxylation is 2. The highest BCUT2D eigenvalue weighted by Gasteiger charge is 1.96. The maximum atomic E-state index is 2.25. The van der Waals surface area contributed by atoms with E-state index < -0.39 is 0 Å². The van der Waals surface area contributed by atoms with Gasteiger partial charge in [0.1, 0.15) is 0 Å². The van der Waals surface area contributed by atoms with Crippen LogP contribution in [-0.4, -0.2) is 0 Å². The lowest BCUT2D eigenvalue weighted by molar-refractivity contribution is 1.17. The van der Waals surface area contributed by atoms with Crippen LogP contribution < -0.4 is 0 Å². The predicted molar refractivity (Wildman–Crippen MR) is 76.5 cm³/mol. The lowest BCUT2D eigenvalue weighted by atomic mass is 10.0. The van der Waals surface area contributed by atoms with Crippen molar-refractivity contribution in [2.45, 2.75) is 34.1 Å². The van der Waals surface area contributed by atoms with E-state index in [0.29, 0.717) is 0 Å². The van der Waals surface area contributed by atoms with Gasteiger partial charge in [-0.2, -0.15) is 0 Å². The van der Waals surface area contributed by atoms with Crippen molar-refractivity contribution in [3.8, 4) is 0 Å². The molecule has 90 valence electrons. The second-order valence-electron chi connectivity index (χ2n) is 4.15. The predicted octanol–water partition coefficient (Wildman–Crippen LogP) is 4.92. The number of rotatable bonds is 2. The van der Waals surface area contributed by atoms with Gasteiger partial charge in [-0.25, -0.2) is 0 Å². The average molecular weight is 226 g/mol. The van der Waals surface area contributed by atoms with Crippen molar-refractivity contribution in [2.24, 2.45) is 0 Å². The first-order chi connectivity index (χ1) is 8.24. The van der Waals surface area contributed by atoms with E-state index in [1.165, 1.54) is 22.3 Å². The lowest BCUT2D eigenvalue weighted by Crippen LogP contribution is -1.89. The molecule has 0 fully saturated rings. The summed E-state index contributed by atoms with van der Waals surface area (Å²) in [5.41, 5.74) is 5.45. The molecular formula is C17H22. The van der Waals surface area contributed by atoms with Crippen LogP contribution in [-0.2, 0) is 6.42 Å². The van der Waals surface area contributed by atoms with Crippen LogP contribution in [0.25, 0.3) is 0 Å². The quantitative estimate of drug-likeness (QED) is 0.681. The molecule has 2 aromatic rings. The van der Waals surface area contributed by atoms with E-state index in [1.54, 1.807) is 0 Å². The summed E-state index contributed by atoms with van der Waals surface area (Å²) in [6.07, 6.45) is 1.03. The van der Waals surface area contributed by atoms with Crippen molar-refractivity contribution in [1.29, 1.82) is 0 Å². The molecule has 0 aliphatic heterocycles. The maximum Gasteiger partial charge on any atom is -0.00256 e. The van der Waals surface area contributed by atoms with Crippen LogP contribution in [0.15, 0.2) is 48.5 Å². The molecular weight excluding hydrogens is 204 g/mol. The third-order valence-corrected chi connectivity index (χ3v) is 2.57. The van der Waals surface area contributed by atoms with Crippen LogP contribution in [0.3, 0.4) is 0 Å². The van der Waals surface area contributed by atoms with Crippen molar-refractivity contribution >= 4 is 0 Å². The first-order valence-electron chi connectivity index (χ1n) is 6.35. The van der Waals surface area contributed by atoms with Crippen molar-refractivity contribution in [3.63, 3.8) is 0 Å². The molecule has 0 atom stereocenters. The third-order valence-electron chi connectivity index (χ3n) is 2.57. The van der Waals surface area contributed by atoms with Crippen LogP contribution in [0.5, 0.6) is 0 Å². The zero-order chi connectivity index (χ0) is 12.7. The average Bonchev–Trinajstić information content (AvgIpc) is 2.31.